The number of benzene rings is 4. The number of hydrogen-bond acceptors (Lipinski definition) is 3. The first-order valence-corrected chi connectivity index (χ1v) is 13.3. The van der Waals surface area contributed by atoms with Crippen LogP contribution in [0.1, 0.15) is 16.8 Å². The van der Waals surface area contributed by atoms with Gasteiger partial charge in [0.1, 0.15) is 5.75 Å². The van der Waals surface area contributed by atoms with Gasteiger partial charge in [0, 0.05) is 37.6 Å². The Bertz CT molecular complexity index is 1790. The molecule has 0 amide bonds. The molecule has 203 valence electrons. The first-order valence-electron chi connectivity index (χ1n) is 13.3. The molecule has 0 spiro atoms. The average molecular weight is 709 g/mol. The monoisotopic (exact) mass is 709 g/mol. The van der Waals surface area contributed by atoms with E-state index in [1.807, 2.05) is 67.7 Å². The van der Waals surface area contributed by atoms with Gasteiger partial charge in [0.05, 0.1) is 5.75 Å². The second-order valence-electron chi connectivity index (χ2n) is 9.93. The van der Waals surface area contributed by atoms with E-state index in [1.54, 1.807) is 0 Å². The number of aryl methyl sites for hydroxylation is 3. The van der Waals surface area contributed by atoms with Crippen LogP contribution in [0.2, 0.25) is 0 Å². The van der Waals surface area contributed by atoms with Gasteiger partial charge in [-0.05, 0) is 61.5 Å². The van der Waals surface area contributed by atoms with Crippen LogP contribution in [0.4, 0.5) is 0 Å². The molecule has 3 nitrogen and oxygen atoms in total. The Balaban J connectivity index is 0.000000192. The van der Waals surface area contributed by atoms with Crippen molar-refractivity contribution in [2.24, 2.45) is 0 Å². The van der Waals surface area contributed by atoms with Crippen molar-refractivity contribution in [3.8, 4) is 56.3 Å². The molecule has 0 atom stereocenters. The summed E-state index contributed by atoms with van der Waals surface area (Å²) in [5, 5.41) is 0. The Morgan fingerprint density at radius 1 is 0.585 bits per heavy atom. The fraction of sp³-hybridized carbons (Fsp3) is 0.0811. The summed E-state index contributed by atoms with van der Waals surface area (Å²) in [6.45, 7) is 6.17. The van der Waals surface area contributed by atoms with E-state index >= 15 is 0 Å². The quantitative estimate of drug-likeness (QED) is 0.168. The molecule has 6 aromatic rings. The normalized spacial score (nSPS) is 10.8. The zero-order chi connectivity index (χ0) is 27.5. The molecule has 0 fully saturated rings. The second kappa shape index (κ2) is 12.4. The van der Waals surface area contributed by atoms with Crippen LogP contribution in [-0.4, -0.2) is 9.97 Å². The van der Waals surface area contributed by atoms with E-state index in [0.717, 1.165) is 56.4 Å². The molecule has 41 heavy (non-hydrogen) atoms. The van der Waals surface area contributed by atoms with Gasteiger partial charge in [0.2, 0.25) is 0 Å². The van der Waals surface area contributed by atoms with Crippen molar-refractivity contribution < 1.29 is 24.8 Å². The Labute approximate surface area is 255 Å². The van der Waals surface area contributed by atoms with Gasteiger partial charge in [-0.2, -0.15) is 0 Å². The van der Waals surface area contributed by atoms with E-state index in [1.165, 1.54) is 16.7 Å². The summed E-state index contributed by atoms with van der Waals surface area (Å²) in [4.78, 5) is 8.98. The van der Waals surface area contributed by atoms with E-state index in [4.69, 9.17) is 4.74 Å². The molecule has 3 heterocycles. The number of hydrogen-bond donors (Lipinski definition) is 0. The summed E-state index contributed by atoms with van der Waals surface area (Å²) in [5.41, 5.74) is 11.9. The van der Waals surface area contributed by atoms with Crippen molar-refractivity contribution in [3.05, 3.63) is 144 Å². The smallest absolute Gasteiger partial charge is 0.122 e. The summed E-state index contributed by atoms with van der Waals surface area (Å²) >= 11 is 0. The van der Waals surface area contributed by atoms with Gasteiger partial charge in [-0.1, -0.05) is 71.3 Å². The molecule has 0 bridgehead atoms. The third-order valence-corrected chi connectivity index (χ3v) is 6.80. The van der Waals surface area contributed by atoms with Gasteiger partial charge in [0.25, 0.3) is 0 Å². The van der Waals surface area contributed by atoms with Gasteiger partial charge in [-0.3, -0.25) is 0 Å². The Kier molecular flexibility index (Phi) is 8.54. The van der Waals surface area contributed by atoms with Crippen molar-refractivity contribution in [2.75, 3.05) is 0 Å². The zero-order valence-electron chi connectivity index (χ0n) is 23.1. The first-order chi connectivity index (χ1) is 19.5. The maximum Gasteiger partial charge on any atom is 0.122 e. The van der Waals surface area contributed by atoms with E-state index in [-0.39, 0.29) is 20.1 Å². The van der Waals surface area contributed by atoms with Crippen molar-refractivity contribution in [3.63, 3.8) is 0 Å². The molecular weight excluding hydrogens is 681 g/mol. The van der Waals surface area contributed by atoms with Crippen LogP contribution in [-0.2, 0) is 20.1 Å². The molecule has 0 saturated heterocycles. The minimum atomic E-state index is 0. The van der Waals surface area contributed by atoms with E-state index in [2.05, 4.69) is 90.5 Å². The number of aromatic nitrogens is 2. The molecule has 0 N–H and O–H groups in total. The number of fused-ring (bicyclic) bond motifs is 5. The Morgan fingerprint density at radius 3 is 2.02 bits per heavy atom. The Morgan fingerprint density at radius 2 is 1.29 bits per heavy atom. The number of nitrogens with zero attached hydrogens (tertiary/aromatic N) is 2. The van der Waals surface area contributed by atoms with Gasteiger partial charge in [-0.25, -0.2) is 0 Å². The summed E-state index contributed by atoms with van der Waals surface area (Å²) in [6.07, 6.45) is 1.84. The molecule has 0 unspecified atom stereocenters. The molecule has 4 aromatic carbocycles. The van der Waals surface area contributed by atoms with Crippen LogP contribution >= 0.6 is 0 Å². The molecule has 2 aromatic heterocycles. The molecule has 1 aliphatic heterocycles. The number of ether oxygens (including phenoxy) is 1. The number of para-hydroxylation sites is 1. The van der Waals surface area contributed by atoms with Crippen molar-refractivity contribution in [1.82, 2.24) is 9.97 Å². The van der Waals surface area contributed by atoms with Crippen molar-refractivity contribution in [1.29, 1.82) is 0 Å². The maximum atomic E-state index is 6.25. The molecule has 1 aliphatic rings. The largest absolute Gasteiger partial charge is 0.500 e. The first kappa shape index (κ1) is 28.2. The number of rotatable bonds is 2. The van der Waals surface area contributed by atoms with Crippen molar-refractivity contribution in [2.45, 2.75) is 20.8 Å². The zero-order valence-corrected chi connectivity index (χ0v) is 25.5. The molecule has 7 rings (SSSR count). The molecule has 4 heteroatoms. The van der Waals surface area contributed by atoms with Crippen molar-refractivity contribution >= 4 is 0 Å². The van der Waals surface area contributed by atoms with E-state index < -0.39 is 0 Å². The van der Waals surface area contributed by atoms with Gasteiger partial charge >= 0.3 is 0 Å². The molecule has 0 aliphatic carbocycles. The van der Waals surface area contributed by atoms with Crippen LogP contribution in [0.15, 0.2) is 115 Å². The summed E-state index contributed by atoms with van der Waals surface area (Å²) in [5.74, 6) is 1.69. The Hall–Kier alpha value is -4.37. The minimum Gasteiger partial charge on any atom is -0.500 e. The predicted molar refractivity (Wildman–Crippen MR) is 162 cm³/mol. The van der Waals surface area contributed by atoms with Crippen LogP contribution < -0.4 is 4.74 Å². The summed E-state index contributed by atoms with van der Waals surface area (Å²) in [7, 11) is 0. The van der Waals surface area contributed by atoms with E-state index in [9.17, 15) is 0 Å². The molecular formula is C37H28IrN2O-2. The minimum absolute atomic E-state index is 0. The second-order valence-corrected chi connectivity index (χ2v) is 9.93. The fourth-order valence-electron chi connectivity index (χ4n) is 4.99. The van der Waals surface area contributed by atoms with Crippen LogP contribution in [0, 0.1) is 32.9 Å². The average Bonchev–Trinajstić information content (AvgIpc) is 3.12. The van der Waals surface area contributed by atoms with Gasteiger partial charge in [0.15, 0.2) is 0 Å². The standard InChI is InChI=1S/C24H16NO.C13H12N.Ir/c1-16-12-13-25-22(14-16)17-10-11-24-21(15-17)19-7-3-2-6-18(19)20-8-4-5-9-23(20)26-24;1-10-8-11(2)14-13(9-10)12-6-4-3-5-7-12;/h2-9,11-15H,1H3;3-6,8-9H,1-2H3;/q2*-1;. The van der Waals surface area contributed by atoms with Crippen LogP contribution in [0.25, 0.3) is 44.8 Å². The summed E-state index contributed by atoms with van der Waals surface area (Å²) in [6, 6.07) is 43.3. The molecule has 0 saturated carbocycles. The molecule has 1 radical (unpaired) electrons. The van der Waals surface area contributed by atoms with Gasteiger partial charge < -0.3 is 14.7 Å². The number of pyridine rings is 2. The maximum absolute atomic E-state index is 6.25. The van der Waals surface area contributed by atoms with E-state index in [0.29, 0.717) is 0 Å². The van der Waals surface area contributed by atoms with Crippen LogP contribution in [0.3, 0.4) is 0 Å². The SMILES string of the molecule is Cc1cc(C)nc(-c2[c-]cccc2)c1.Cc1ccnc(-c2[c-]cc3c(c2)-c2ccccc2-c2ccccc2O3)c1.[Ir]. The predicted octanol–water partition coefficient (Wildman–Crippen LogP) is 9.46. The van der Waals surface area contributed by atoms with Gasteiger partial charge in [-0.15, -0.1) is 59.7 Å². The fourth-order valence-corrected chi connectivity index (χ4v) is 4.99. The third kappa shape index (κ3) is 6.20. The topological polar surface area (TPSA) is 35.0 Å². The van der Waals surface area contributed by atoms with Crippen LogP contribution in [0.5, 0.6) is 11.5 Å². The summed E-state index contributed by atoms with van der Waals surface area (Å²) < 4.78 is 6.25. The third-order valence-electron chi connectivity index (χ3n) is 6.80.